The largest absolute Gasteiger partial charge is 0.497 e. The van der Waals surface area contributed by atoms with Crippen molar-refractivity contribution in [2.45, 2.75) is 19.5 Å². The number of hydrogen-bond acceptors (Lipinski definition) is 7. The molecule has 0 amide bonds. The zero-order valence-electron chi connectivity index (χ0n) is 19.8. The number of likely N-dealkylation sites (N-methyl/N-ethyl adjacent to an activating group) is 1. The fraction of sp³-hybridized carbons (Fsp3) is 0.360. The van der Waals surface area contributed by atoms with E-state index in [1.54, 1.807) is 23.9 Å². The van der Waals surface area contributed by atoms with E-state index in [1.807, 2.05) is 24.3 Å². The number of ether oxygens (including phenoxy) is 1. The van der Waals surface area contributed by atoms with E-state index in [9.17, 15) is 9.18 Å². The molecule has 4 aromatic rings. The number of fused-ring (bicyclic) bond motifs is 1. The molecule has 0 radical (unpaired) electrons. The minimum atomic E-state index is -0.431. The minimum Gasteiger partial charge on any atom is -0.497 e. The van der Waals surface area contributed by atoms with Gasteiger partial charge in [0.2, 0.25) is 0 Å². The first-order valence-electron chi connectivity index (χ1n) is 11.7. The summed E-state index contributed by atoms with van der Waals surface area (Å²) in [6, 6.07) is 13.4. The van der Waals surface area contributed by atoms with Crippen LogP contribution in [0.4, 0.5) is 4.39 Å². The number of methoxy groups -OCH3 is 1. The number of aromatic nitrogens is 5. The van der Waals surface area contributed by atoms with Gasteiger partial charge in [0, 0.05) is 37.8 Å². The number of hydrogen-bond donors (Lipinski definition) is 1. The van der Waals surface area contributed by atoms with E-state index in [0.29, 0.717) is 29.2 Å². The molecule has 0 spiro atoms. The topological polar surface area (TPSA) is 92.2 Å². The molecule has 182 valence electrons. The normalized spacial score (nSPS) is 16.0. The predicted octanol–water partition coefficient (Wildman–Crippen LogP) is 2.44. The molecule has 1 aliphatic rings. The number of pyridine rings is 1. The van der Waals surface area contributed by atoms with Gasteiger partial charge >= 0.3 is 0 Å². The highest BCUT2D eigenvalue weighted by Crippen LogP contribution is 2.29. The lowest BCUT2D eigenvalue weighted by Gasteiger charge is -2.38. The second-order valence-electron chi connectivity index (χ2n) is 8.70. The number of rotatable bonds is 7. The molecule has 1 atom stereocenters. The summed E-state index contributed by atoms with van der Waals surface area (Å²) in [5, 5.41) is 13.4. The smallest absolute Gasteiger partial charge is 0.253 e. The van der Waals surface area contributed by atoms with Crippen LogP contribution >= 0.6 is 0 Å². The number of H-pyrrole nitrogens is 1. The Morgan fingerprint density at radius 1 is 1.09 bits per heavy atom. The van der Waals surface area contributed by atoms with Gasteiger partial charge in [-0.1, -0.05) is 19.1 Å². The van der Waals surface area contributed by atoms with Gasteiger partial charge in [-0.15, -0.1) is 5.10 Å². The number of aromatic amines is 1. The quantitative estimate of drug-likeness (QED) is 0.437. The molecule has 10 heteroatoms. The van der Waals surface area contributed by atoms with Crippen LogP contribution in [0.2, 0.25) is 0 Å². The molecule has 3 heterocycles. The minimum absolute atomic E-state index is 0.190. The Labute approximate surface area is 202 Å². The summed E-state index contributed by atoms with van der Waals surface area (Å²) in [6.07, 6.45) is 0. The van der Waals surface area contributed by atoms with Crippen molar-refractivity contribution < 1.29 is 9.13 Å². The van der Waals surface area contributed by atoms with Crippen molar-refractivity contribution in [2.75, 3.05) is 39.8 Å². The maximum Gasteiger partial charge on any atom is 0.253 e. The van der Waals surface area contributed by atoms with E-state index < -0.39 is 6.04 Å². The van der Waals surface area contributed by atoms with E-state index >= 15 is 0 Å². The van der Waals surface area contributed by atoms with Crippen LogP contribution in [0.3, 0.4) is 0 Å². The first kappa shape index (κ1) is 23.1. The molecule has 1 fully saturated rings. The Morgan fingerprint density at radius 3 is 2.57 bits per heavy atom. The predicted molar refractivity (Wildman–Crippen MR) is 130 cm³/mol. The van der Waals surface area contributed by atoms with Gasteiger partial charge in [-0.2, -0.15) is 0 Å². The summed E-state index contributed by atoms with van der Waals surface area (Å²) >= 11 is 0. The second kappa shape index (κ2) is 9.93. The standard InChI is InChI=1S/C25H28FN7O2/c1-3-31-10-12-32(13-11-31)23(21-14-18-6-9-20(35-2)15-22(18)27-25(21)34)24-28-29-30-33(24)16-17-4-7-19(26)8-5-17/h4-9,14-15,23H,3,10-13,16H2,1-2H3,(H,27,34)/t23-/m1/s1. The molecule has 5 rings (SSSR count). The third-order valence-electron chi connectivity index (χ3n) is 6.65. The van der Waals surface area contributed by atoms with E-state index in [1.165, 1.54) is 12.1 Å². The lowest BCUT2D eigenvalue weighted by atomic mass is 10.0. The van der Waals surface area contributed by atoms with Crippen molar-refractivity contribution in [3.05, 3.63) is 81.7 Å². The molecule has 9 nitrogen and oxygen atoms in total. The third kappa shape index (κ3) is 4.80. The van der Waals surface area contributed by atoms with Gasteiger partial charge in [0.05, 0.1) is 19.2 Å². The van der Waals surface area contributed by atoms with Gasteiger partial charge in [-0.25, -0.2) is 9.07 Å². The van der Waals surface area contributed by atoms with E-state index in [4.69, 9.17) is 4.74 Å². The first-order valence-corrected chi connectivity index (χ1v) is 11.7. The van der Waals surface area contributed by atoms with Crippen LogP contribution in [-0.4, -0.2) is 74.8 Å². The average molecular weight is 478 g/mol. The number of benzene rings is 2. The average Bonchev–Trinajstić information content (AvgIpc) is 3.33. The highest BCUT2D eigenvalue weighted by molar-refractivity contribution is 5.80. The number of nitrogens with zero attached hydrogens (tertiary/aromatic N) is 6. The van der Waals surface area contributed by atoms with Gasteiger partial charge in [-0.3, -0.25) is 9.69 Å². The Morgan fingerprint density at radius 2 is 1.86 bits per heavy atom. The highest BCUT2D eigenvalue weighted by atomic mass is 19.1. The Balaban J connectivity index is 1.58. The van der Waals surface area contributed by atoms with Crippen LogP contribution in [0.1, 0.15) is 29.9 Å². The van der Waals surface area contributed by atoms with Crippen molar-refractivity contribution in [3.8, 4) is 5.75 Å². The summed E-state index contributed by atoms with van der Waals surface area (Å²) in [5.74, 6) is 0.964. The summed E-state index contributed by atoms with van der Waals surface area (Å²) in [5.41, 5.74) is 1.97. The van der Waals surface area contributed by atoms with Crippen molar-refractivity contribution in [2.24, 2.45) is 0 Å². The second-order valence-corrected chi connectivity index (χ2v) is 8.70. The van der Waals surface area contributed by atoms with E-state index in [2.05, 4.69) is 37.2 Å². The van der Waals surface area contributed by atoms with Crippen molar-refractivity contribution in [1.29, 1.82) is 0 Å². The van der Waals surface area contributed by atoms with Crippen LogP contribution in [0.15, 0.2) is 53.3 Å². The molecule has 0 saturated carbocycles. The number of piperazine rings is 1. The van der Waals surface area contributed by atoms with Crippen molar-refractivity contribution >= 4 is 10.9 Å². The lowest BCUT2D eigenvalue weighted by molar-refractivity contribution is 0.108. The number of halogens is 1. The molecule has 0 aliphatic carbocycles. The Hall–Kier alpha value is -3.63. The molecule has 1 N–H and O–H groups in total. The van der Waals surface area contributed by atoms with Gasteiger partial charge in [0.1, 0.15) is 17.6 Å². The van der Waals surface area contributed by atoms with Gasteiger partial charge in [0.15, 0.2) is 5.82 Å². The summed E-state index contributed by atoms with van der Waals surface area (Å²) in [4.78, 5) is 21.0. The zero-order valence-corrected chi connectivity index (χ0v) is 19.8. The number of nitrogens with one attached hydrogen (secondary N) is 1. The van der Waals surface area contributed by atoms with Gasteiger partial charge in [-0.05, 0) is 58.3 Å². The molecule has 2 aromatic carbocycles. The molecule has 0 bridgehead atoms. The van der Waals surface area contributed by atoms with Gasteiger partial charge < -0.3 is 14.6 Å². The summed E-state index contributed by atoms with van der Waals surface area (Å²) in [7, 11) is 1.60. The van der Waals surface area contributed by atoms with Crippen LogP contribution < -0.4 is 10.3 Å². The summed E-state index contributed by atoms with van der Waals surface area (Å²) in [6.45, 7) is 6.86. The van der Waals surface area contributed by atoms with Crippen molar-refractivity contribution in [3.63, 3.8) is 0 Å². The maximum absolute atomic E-state index is 13.4. The third-order valence-corrected chi connectivity index (χ3v) is 6.65. The highest BCUT2D eigenvalue weighted by Gasteiger charge is 2.32. The molecular formula is C25H28FN7O2. The van der Waals surface area contributed by atoms with Crippen LogP contribution in [-0.2, 0) is 6.54 Å². The Bertz CT molecular complexity index is 1360. The lowest BCUT2D eigenvalue weighted by Crippen LogP contribution is -2.49. The van der Waals surface area contributed by atoms with Crippen LogP contribution in [0.5, 0.6) is 5.75 Å². The van der Waals surface area contributed by atoms with E-state index in [0.717, 1.165) is 43.7 Å². The molecular weight excluding hydrogens is 449 g/mol. The molecule has 2 aromatic heterocycles. The molecule has 1 aliphatic heterocycles. The van der Waals surface area contributed by atoms with E-state index in [-0.39, 0.29) is 11.4 Å². The fourth-order valence-corrected chi connectivity index (χ4v) is 4.65. The first-order chi connectivity index (χ1) is 17.1. The zero-order chi connectivity index (χ0) is 24.4. The molecule has 1 saturated heterocycles. The molecule has 35 heavy (non-hydrogen) atoms. The summed E-state index contributed by atoms with van der Waals surface area (Å²) < 4.78 is 20.4. The van der Waals surface area contributed by atoms with Crippen LogP contribution in [0.25, 0.3) is 10.9 Å². The van der Waals surface area contributed by atoms with Crippen LogP contribution in [0, 0.1) is 5.82 Å². The van der Waals surface area contributed by atoms with Crippen molar-refractivity contribution in [1.82, 2.24) is 35.0 Å². The monoisotopic (exact) mass is 477 g/mol. The number of tetrazole rings is 1. The Kier molecular flexibility index (Phi) is 6.56. The SMILES string of the molecule is CCN1CCN([C@H](c2cc3ccc(OC)cc3[nH]c2=O)c2nnnn2Cc2ccc(F)cc2)CC1. The van der Waals surface area contributed by atoms with Gasteiger partial charge in [0.25, 0.3) is 5.56 Å². The molecule has 0 unspecified atom stereocenters. The fourth-order valence-electron chi connectivity index (χ4n) is 4.65. The maximum atomic E-state index is 13.4.